The average molecular weight is 484 g/mol. The number of hydrogen-bond acceptors (Lipinski definition) is 5. The SMILES string of the molecule is Nc1cccc(Oc2ccc(/C=C(\NC(=O)CCC3CCCC3)C(=O)[O-])cc2)c1C(F)(F)F.[Na+]. The van der Waals surface area contributed by atoms with Gasteiger partial charge in [0.1, 0.15) is 17.1 Å². The van der Waals surface area contributed by atoms with Crippen molar-refractivity contribution in [1.82, 2.24) is 5.32 Å². The van der Waals surface area contributed by atoms with Crippen molar-refractivity contribution in [2.75, 3.05) is 5.73 Å². The number of rotatable bonds is 8. The molecule has 3 rings (SSSR count). The molecule has 2 aromatic rings. The first-order valence-corrected chi connectivity index (χ1v) is 10.6. The first-order chi connectivity index (χ1) is 15.6. The summed E-state index contributed by atoms with van der Waals surface area (Å²) in [5.41, 5.74) is 3.93. The topological polar surface area (TPSA) is 104 Å². The number of ether oxygens (including phenoxy) is 1. The molecule has 1 aliphatic rings. The second-order valence-corrected chi connectivity index (χ2v) is 7.97. The van der Waals surface area contributed by atoms with Crippen LogP contribution in [0.15, 0.2) is 48.2 Å². The van der Waals surface area contributed by atoms with Gasteiger partial charge < -0.3 is 25.7 Å². The Morgan fingerprint density at radius 2 is 1.76 bits per heavy atom. The number of nitrogens with one attached hydrogen (secondary N) is 1. The molecule has 1 saturated carbocycles. The number of halogens is 3. The van der Waals surface area contributed by atoms with E-state index in [9.17, 15) is 27.9 Å². The van der Waals surface area contributed by atoms with E-state index in [2.05, 4.69) is 5.32 Å². The van der Waals surface area contributed by atoms with Crippen LogP contribution in [-0.2, 0) is 15.8 Å². The van der Waals surface area contributed by atoms with Crippen molar-refractivity contribution in [3.63, 3.8) is 0 Å². The monoisotopic (exact) mass is 484 g/mol. The molecule has 0 spiro atoms. The van der Waals surface area contributed by atoms with Crippen molar-refractivity contribution < 1.29 is 62.2 Å². The molecule has 2 aromatic carbocycles. The van der Waals surface area contributed by atoms with Gasteiger partial charge in [0.15, 0.2) is 0 Å². The Bertz CT molecular complexity index is 1030. The number of hydrogen-bond donors (Lipinski definition) is 2. The van der Waals surface area contributed by atoms with E-state index in [1.807, 2.05) is 0 Å². The zero-order chi connectivity index (χ0) is 24.0. The van der Waals surface area contributed by atoms with Gasteiger partial charge >= 0.3 is 35.7 Å². The summed E-state index contributed by atoms with van der Waals surface area (Å²) >= 11 is 0. The molecule has 0 saturated heterocycles. The summed E-state index contributed by atoms with van der Waals surface area (Å²) in [6.45, 7) is 0. The van der Waals surface area contributed by atoms with Crippen LogP contribution in [0.25, 0.3) is 6.08 Å². The van der Waals surface area contributed by atoms with Crippen molar-refractivity contribution in [2.24, 2.45) is 5.92 Å². The van der Waals surface area contributed by atoms with Crippen molar-refractivity contribution in [2.45, 2.75) is 44.7 Å². The number of alkyl halides is 3. The molecule has 0 aromatic heterocycles. The molecule has 1 aliphatic carbocycles. The van der Waals surface area contributed by atoms with Crippen LogP contribution in [0.1, 0.15) is 49.7 Å². The maximum absolute atomic E-state index is 13.3. The zero-order valence-electron chi connectivity index (χ0n) is 18.8. The number of nitrogen functional groups attached to an aromatic ring is 1. The number of carbonyl (C=O) groups is 2. The summed E-state index contributed by atoms with van der Waals surface area (Å²) in [5.74, 6) is -1.80. The third kappa shape index (κ3) is 7.78. The molecule has 0 radical (unpaired) electrons. The molecule has 0 aliphatic heterocycles. The minimum Gasteiger partial charge on any atom is -0.543 e. The Morgan fingerprint density at radius 1 is 1.12 bits per heavy atom. The average Bonchev–Trinajstić information content (AvgIpc) is 3.26. The van der Waals surface area contributed by atoms with Gasteiger partial charge in [0.2, 0.25) is 5.91 Å². The van der Waals surface area contributed by atoms with Gasteiger partial charge in [0.05, 0.1) is 11.7 Å². The summed E-state index contributed by atoms with van der Waals surface area (Å²) in [6.07, 6.45) is 1.95. The predicted octanol–water partition coefficient (Wildman–Crippen LogP) is 1.26. The van der Waals surface area contributed by atoms with E-state index >= 15 is 0 Å². The van der Waals surface area contributed by atoms with Gasteiger partial charge in [-0.25, -0.2) is 0 Å². The third-order valence-electron chi connectivity index (χ3n) is 5.51. The van der Waals surface area contributed by atoms with Gasteiger partial charge in [-0.15, -0.1) is 0 Å². The van der Waals surface area contributed by atoms with E-state index in [1.165, 1.54) is 36.4 Å². The van der Waals surface area contributed by atoms with Gasteiger partial charge in [0.25, 0.3) is 0 Å². The summed E-state index contributed by atoms with van der Waals surface area (Å²) in [7, 11) is 0. The Kier molecular flexibility index (Phi) is 10.0. The number of carbonyl (C=O) groups excluding carboxylic acids is 2. The van der Waals surface area contributed by atoms with E-state index in [-0.39, 0.29) is 41.7 Å². The third-order valence-corrected chi connectivity index (χ3v) is 5.51. The molecule has 6 nitrogen and oxygen atoms in total. The van der Waals surface area contributed by atoms with Crippen LogP contribution in [0.2, 0.25) is 0 Å². The number of aliphatic carboxylic acids is 1. The Labute approximate surface area is 217 Å². The summed E-state index contributed by atoms with van der Waals surface area (Å²) in [5, 5.41) is 13.8. The molecule has 1 fully saturated rings. The quantitative estimate of drug-likeness (QED) is 0.334. The van der Waals surface area contributed by atoms with Crippen LogP contribution >= 0.6 is 0 Å². The minimum atomic E-state index is -4.69. The minimum absolute atomic E-state index is 0. The smallest absolute Gasteiger partial charge is 0.543 e. The number of nitrogens with two attached hydrogens (primary N) is 1. The van der Waals surface area contributed by atoms with Crippen LogP contribution in [0.5, 0.6) is 11.5 Å². The van der Waals surface area contributed by atoms with Crippen LogP contribution in [-0.4, -0.2) is 11.9 Å². The van der Waals surface area contributed by atoms with Gasteiger partial charge in [-0.3, -0.25) is 4.79 Å². The normalized spacial score (nSPS) is 14.4. The van der Waals surface area contributed by atoms with Gasteiger partial charge in [0, 0.05) is 12.1 Å². The summed E-state index contributed by atoms with van der Waals surface area (Å²) < 4.78 is 45.2. The number of carboxylic acids is 1. The fraction of sp³-hybridized carbons (Fsp3) is 0.333. The van der Waals surface area contributed by atoms with E-state index in [0.29, 0.717) is 17.9 Å². The largest absolute Gasteiger partial charge is 1.00 e. The van der Waals surface area contributed by atoms with E-state index < -0.39 is 40.8 Å². The van der Waals surface area contributed by atoms with E-state index in [4.69, 9.17) is 10.5 Å². The molecule has 34 heavy (non-hydrogen) atoms. The Hall–Kier alpha value is -2.49. The number of benzene rings is 2. The second-order valence-electron chi connectivity index (χ2n) is 7.97. The van der Waals surface area contributed by atoms with Crippen molar-refractivity contribution in [3.05, 3.63) is 59.3 Å². The second kappa shape index (κ2) is 12.3. The van der Waals surface area contributed by atoms with Crippen molar-refractivity contribution in [3.8, 4) is 11.5 Å². The van der Waals surface area contributed by atoms with Gasteiger partial charge in [-0.05, 0) is 48.2 Å². The maximum atomic E-state index is 13.3. The van der Waals surface area contributed by atoms with Crippen LogP contribution < -0.4 is 50.5 Å². The standard InChI is InChI=1S/C24H25F3N2O4.Na/c25-24(26,27)22-18(28)6-3-7-20(22)33-17-11-8-16(9-12-17)14-19(23(31)32)29-21(30)13-10-15-4-1-2-5-15;/h3,6-9,11-12,14-15H,1-2,4-5,10,13,28H2,(H,29,30)(H,31,32);/q;+1/p-1/b19-14-;. The van der Waals surface area contributed by atoms with Crippen LogP contribution in [0.4, 0.5) is 18.9 Å². The molecule has 10 heteroatoms. The number of carboxylic acid groups (broad SMARTS) is 1. The van der Waals surface area contributed by atoms with Gasteiger partial charge in [-0.1, -0.05) is 43.9 Å². The molecular formula is C24H24F3N2NaO4. The molecule has 3 N–H and O–H groups in total. The molecule has 0 bridgehead atoms. The fourth-order valence-corrected chi connectivity index (χ4v) is 3.86. The van der Waals surface area contributed by atoms with Crippen molar-refractivity contribution >= 4 is 23.6 Å². The molecule has 176 valence electrons. The van der Waals surface area contributed by atoms with Crippen LogP contribution in [0.3, 0.4) is 0 Å². The molecule has 0 unspecified atom stereocenters. The molecule has 0 atom stereocenters. The van der Waals surface area contributed by atoms with Crippen molar-refractivity contribution in [1.29, 1.82) is 0 Å². The van der Waals surface area contributed by atoms with E-state index in [1.54, 1.807) is 0 Å². The number of amides is 1. The maximum Gasteiger partial charge on any atom is 1.00 e. The van der Waals surface area contributed by atoms with E-state index in [0.717, 1.165) is 37.8 Å². The predicted molar refractivity (Wildman–Crippen MR) is 115 cm³/mol. The Morgan fingerprint density at radius 3 is 2.35 bits per heavy atom. The molecule has 0 heterocycles. The van der Waals surface area contributed by atoms with Gasteiger partial charge in [-0.2, -0.15) is 13.2 Å². The Balaban J connectivity index is 0.00000408. The summed E-state index contributed by atoms with van der Waals surface area (Å²) in [4.78, 5) is 23.6. The zero-order valence-corrected chi connectivity index (χ0v) is 20.8. The first-order valence-electron chi connectivity index (χ1n) is 10.6. The molecule has 1 amide bonds. The molecular weight excluding hydrogens is 460 g/mol. The number of anilines is 1. The van der Waals surface area contributed by atoms with Crippen LogP contribution in [0, 0.1) is 5.92 Å². The fourth-order valence-electron chi connectivity index (χ4n) is 3.86. The summed E-state index contributed by atoms with van der Waals surface area (Å²) in [6, 6.07) is 9.28. The first kappa shape index (κ1) is 27.8.